The predicted octanol–water partition coefficient (Wildman–Crippen LogP) is 2.54. The monoisotopic (exact) mass is 347 g/mol. The van der Waals surface area contributed by atoms with Crippen LogP contribution in [-0.2, 0) is 4.79 Å². The molecule has 25 heavy (non-hydrogen) atoms. The Morgan fingerprint density at radius 2 is 2.00 bits per heavy atom. The van der Waals surface area contributed by atoms with Gasteiger partial charge in [0.2, 0.25) is 0 Å². The number of piperidine rings is 1. The number of amides is 3. The molecule has 3 amide bonds. The van der Waals surface area contributed by atoms with Crippen molar-refractivity contribution in [1.82, 2.24) is 10.2 Å². The molecule has 0 aromatic heterocycles. The fourth-order valence-corrected chi connectivity index (χ4v) is 2.94. The predicted molar refractivity (Wildman–Crippen MR) is 94.6 cm³/mol. The summed E-state index contributed by atoms with van der Waals surface area (Å²) >= 11 is 0. The van der Waals surface area contributed by atoms with Crippen LogP contribution in [0, 0.1) is 5.92 Å². The molecule has 136 valence electrons. The second-order valence-electron chi connectivity index (χ2n) is 6.82. The smallest absolute Gasteiger partial charge is 0.326 e. The van der Waals surface area contributed by atoms with Crippen molar-refractivity contribution in [2.24, 2.45) is 5.92 Å². The average molecular weight is 347 g/mol. The maximum absolute atomic E-state index is 12.8. The number of nitrogens with zero attached hydrogens (tertiary/aromatic N) is 1. The van der Waals surface area contributed by atoms with Gasteiger partial charge < -0.3 is 20.6 Å². The summed E-state index contributed by atoms with van der Waals surface area (Å²) in [6, 6.07) is 5.39. The van der Waals surface area contributed by atoms with Gasteiger partial charge >= 0.3 is 12.0 Å². The van der Waals surface area contributed by atoms with E-state index in [4.69, 9.17) is 0 Å². The first-order valence-electron chi connectivity index (χ1n) is 8.49. The maximum Gasteiger partial charge on any atom is 0.326 e. The van der Waals surface area contributed by atoms with Crippen LogP contribution in [0.5, 0.6) is 0 Å². The second-order valence-corrected chi connectivity index (χ2v) is 6.82. The van der Waals surface area contributed by atoms with Crippen molar-refractivity contribution in [3.05, 3.63) is 29.8 Å². The van der Waals surface area contributed by atoms with E-state index in [0.29, 0.717) is 24.2 Å². The zero-order valence-corrected chi connectivity index (χ0v) is 14.8. The molecule has 0 bridgehead atoms. The van der Waals surface area contributed by atoms with E-state index >= 15 is 0 Å². The normalized spacial score (nSPS) is 20.2. The highest BCUT2D eigenvalue weighted by molar-refractivity contribution is 5.98. The van der Waals surface area contributed by atoms with Crippen LogP contribution >= 0.6 is 0 Å². The SMILES string of the molecule is CC1CCN(C(=O)c2cccc(NC(=O)NC(C)C)c2)C(C(=O)O)C1. The number of hydrogen-bond acceptors (Lipinski definition) is 3. The van der Waals surface area contributed by atoms with E-state index in [2.05, 4.69) is 10.6 Å². The molecule has 2 atom stereocenters. The number of carboxylic acid groups (broad SMARTS) is 1. The van der Waals surface area contributed by atoms with Crippen molar-refractivity contribution < 1.29 is 19.5 Å². The Morgan fingerprint density at radius 3 is 2.64 bits per heavy atom. The Morgan fingerprint density at radius 1 is 1.28 bits per heavy atom. The molecule has 0 spiro atoms. The summed E-state index contributed by atoms with van der Waals surface area (Å²) in [5.74, 6) is -1.03. The van der Waals surface area contributed by atoms with E-state index in [0.717, 1.165) is 6.42 Å². The number of rotatable bonds is 4. The highest BCUT2D eigenvalue weighted by Crippen LogP contribution is 2.25. The number of carbonyl (C=O) groups is 3. The standard InChI is InChI=1S/C18H25N3O4/c1-11(2)19-18(25)20-14-6-4-5-13(10-14)16(22)21-8-7-12(3)9-15(21)17(23)24/h4-6,10-12,15H,7-9H2,1-3H3,(H,23,24)(H2,19,20,25). The van der Waals surface area contributed by atoms with Crippen LogP contribution in [0.2, 0.25) is 0 Å². The number of urea groups is 1. The number of nitrogens with one attached hydrogen (secondary N) is 2. The molecule has 7 heteroatoms. The number of aliphatic carboxylic acids is 1. The van der Waals surface area contributed by atoms with Gasteiger partial charge in [0.15, 0.2) is 0 Å². The van der Waals surface area contributed by atoms with E-state index in [1.165, 1.54) is 4.90 Å². The summed E-state index contributed by atoms with van der Waals surface area (Å²) in [4.78, 5) is 37.5. The first-order valence-corrected chi connectivity index (χ1v) is 8.49. The van der Waals surface area contributed by atoms with Gasteiger partial charge in [-0.05, 0) is 50.8 Å². The van der Waals surface area contributed by atoms with Crippen molar-refractivity contribution in [3.63, 3.8) is 0 Å². The fraction of sp³-hybridized carbons (Fsp3) is 0.500. The van der Waals surface area contributed by atoms with E-state index in [9.17, 15) is 19.5 Å². The number of benzene rings is 1. The minimum absolute atomic E-state index is 0.00326. The molecule has 1 fully saturated rings. The minimum Gasteiger partial charge on any atom is -0.480 e. The van der Waals surface area contributed by atoms with Crippen molar-refractivity contribution in [3.8, 4) is 0 Å². The Kier molecular flexibility index (Phi) is 6.01. The molecule has 1 aromatic carbocycles. The molecule has 7 nitrogen and oxygen atoms in total. The highest BCUT2D eigenvalue weighted by atomic mass is 16.4. The van der Waals surface area contributed by atoms with Gasteiger partial charge in [-0.15, -0.1) is 0 Å². The number of carboxylic acids is 1. The van der Waals surface area contributed by atoms with Crippen LogP contribution in [0.3, 0.4) is 0 Å². The van der Waals surface area contributed by atoms with Crippen molar-refractivity contribution >= 4 is 23.6 Å². The summed E-state index contributed by atoms with van der Waals surface area (Å²) < 4.78 is 0. The van der Waals surface area contributed by atoms with Gasteiger partial charge in [-0.1, -0.05) is 13.0 Å². The van der Waals surface area contributed by atoms with Crippen LogP contribution in [0.4, 0.5) is 10.5 Å². The van der Waals surface area contributed by atoms with Crippen LogP contribution in [0.25, 0.3) is 0 Å². The summed E-state index contributed by atoms with van der Waals surface area (Å²) in [5, 5.41) is 14.8. The van der Waals surface area contributed by atoms with Crippen LogP contribution in [0.15, 0.2) is 24.3 Å². The molecule has 0 radical (unpaired) electrons. The zero-order valence-electron chi connectivity index (χ0n) is 14.8. The molecule has 1 saturated heterocycles. The molecule has 2 rings (SSSR count). The van der Waals surface area contributed by atoms with Gasteiger partial charge in [0.05, 0.1) is 0 Å². The van der Waals surface area contributed by atoms with Gasteiger partial charge in [0.1, 0.15) is 6.04 Å². The third kappa shape index (κ3) is 4.95. The molecule has 0 saturated carbocycles. The molecular formula is C18H25N3O4. The van der Waals surface area contributed by atoms with Gasteiger partial charge in [-0.25, -0.2) is 9.59 Å². The number of hydrogen-bond donors (Lipinski definition) is 3. The van der Waals surface area contributed by atoms with Crippen LogP contribution in [-0.4, -0.2) is 46.5 Å². The first-order chi connectivity index (χ1) is 11.8. The third-order valence-corrected chi connectivity index (χ3v) is 4.20. The summed E-state index contributed by atoms with van der Waals surface area (Å²) in [6.45, 7) is 6.12. The van der Waals surface area contributed by atoms with Gasteiger partial charge in [-0.3, -0.25) is 4.79 Å². The van der Waals surface area contributed by atoms with Gasteiger partial charge in [-0.2, -0.15) is 0 Å². The molecule has 3 N–H and O–H groups in total. The van der Waals surface area contributed by atoms with Crippen molar-refractivity contribution in [2.75, 3.05) is 11.9 Å². The summed E-state index contributed by atoms with van der Waals surface area (Å²) in [6.07, 6.45) is 1.24. The lowest BCUT2D eigenvalue weighted by atomic mass is 9.92. The summed E-state index contributed by atoms with van der Waals surface area (Å²) in [7, 11) is 0. The second kappa shape index (κ2) is 8.00. The average Bonchev–Trinajstić information content (AvgIpc) is 2.53. The van der Waals surface area contributed by atoms with Crippen molar-refractivity contribution in [1.29, 1.82) is 0 Å². The number of anilines is 1. The first kappa shape index (κ1) is 18.8. The Bertz CT molecular complexity index is 659. The lowest BCUT2D eigenvalue weighted by molar-refractivity contribution is -0.144. The molecular weight excluding hydrogens is 322 g/mol. The van der Waals surface area contributed by atoms with E-state index in [1.54, 1.807) is 24.3 Å². The lowest BCUT2D eigenvalue weighted by Crippen LogP contribution is -2.49. The Labute approximate surface area is 147 Å². The lowest BCUT2D eigenvalue weighted by Gasteiger charge is -2.36. The largest absolute Gasteiger partial charge is 0.480 e. The van der Waals surface area contributed by atoms with Crippen molar-refractivity contribution in [2.45, 2.75) is 45.7 Å². The number of likely N-dealkylation sites (tertiary alicyclic amines) is 1. The van der Waals surface area contributed by atoms with E-state index in [1.807, 2.05) is 20.8 Å². The topological polar surface area (TPSA) is 98.7 Å². The minimum atomic E-state index is -0.981. The number of carbonyl (C=O) groups excluding carboxylic acids is 2. The maximum atomic E-state index is 12.8. The fourth-order valence-electron chi connectivity index (χ4n) is 2.94. The Balaban J connectivity index is 2.14. The van der Waals surface area contributed by atoms with Crippen LogP contribution < -0.4 is 10.6 Å². The van der Waals surface area contributed by atoms with Gasteiger partial charge in [0.25, 0.3) is 5.91 Å². The zero-order chi connectivity index (χ0) is 18.6. The Hall–Kier alpha value is -2.57. The van der Waals surface area contributed by atoms with E-state index in [-0.39, 0.29) is 23.9 Å². The molecule has 0 aliphatic carbocycles. The molecule has 1 aliphatic rings. The quantitative estimate of drug-likeness (QED) is 0.779. The highest BCUT2D eigenvalue weighted by Gasteiger charge is 2.35. The van der Waals surface area contributed by atoms with E-state index < -0.39 is 12.0 Å². The molecule has 1 aromatic rings. The summed E-state index contributed by atoms with van der Waals surface area (Å²) in [5.41, 5.74) is 0.851. The molecule has 2 unspecified atom stereocenters. The molecule has 1 aliphatic heterocycles. The molecule has 1 heterocycles. The van der Waals surface area contributed by atoms with Gasteiger partial charge in [0, 0.05) is 23.8 Å². The third-order valence-electron chi connectivity index (χ3n) is 4.20. The van der Waals surface area contributed by atoms with Crippen LogP contribution in [0.1, 0.15) is 44.0 Å².